The molecule has 1 atom stereocenters. The van der Waals surface area contributed by atoms with Crippen molar-refractivity contribution in [2.75, 3.05) is 7.11 Å². The summed E-state index contributed by atoms with van der Waals surface area (Å²) in [6.45, 7) is 7.79. The van der Waals surface area contributed by atoms with Crippen molar-refractivity contribution in [3.63, 3.8) is 0 Å². The summed E-state index contributed by atoms with van der Waals surface area (Å²) in [5, 5.41) is 4.50. The van der Waals surface area contributed by atoms with Crippen LogP contribution in [0.2, 0.25) is 5.02 Å². The maximum Gasteiger partial charge on any atom is 0.211 e. The van der Waals surface area contributed by atoms with E-state index in [0.717, 1.165) is 0 Å². The predicted octanol–water partition coefficient (Wildman–Crippen LogP) is 2.97. The van der Waals surface area contributed by atoms with Gasteiger partial charge in [0, 0.05) is 13.2 Å². The van der Waals surface area contributed by atoms with E-state index < -0.39 is 6.10 Å². The summed E-state index contributed by atoms with van der Waals surface area (Å²) in [4.78, 5) is 12.4. The molecular weight excluding hydrogens is 240 g/mol. The second-order valence-electron chi connectivity index (χ2n) is 4.64. The molecule has 0 saturated heterocycles. The molecule has 1 unspecified atom stereocenters. The van der Waals surface area contributed by atoms with E-state index in [-0.39, 0.29) is 17.7 Å². The lowest BCUT2D eigenvalue weighted by Gasteiger charge is -2.19. The van der Waals surface area contributed by atoms with Gasteiger partial charge in [0.1, 0.15) is 11.8 Å². The summed E-state index contributed by atoms with van der Waals surface area (Å²) in [7, 11) is 1.53. The Bertz CT molecular complexity index is 399. The monoisotopic (exact) mass is 258 g/mol. The lowest BCUT2D eigenvalue weighted by molar-refractivity contribution is 0.0447. The highest BCUT2D eigenvalue weighted by Crippen LogP contribution is 2.23. The number of halogens is 1. The Morgan fingerprint density at radius 2 is 2.00 bits per heavy atom. The van der Waals surface area contributed by atoms with E-state index in [1.807, 2.05) is 27.7 Å². The number of Topliss-reactive ketones (excluding diaryl/α,β-unsaturated/α-hetero) is 1. The first kappa shape index (κ1) is 14.2. The van der Waals surface area contributed by atoms with Crippen molar-refractivity contribution in [1.29, 1.82) is 0 Å². The van der Waals surface area contributed by atoms with E-state index in [1.54, 1.807) is 4.68 Å². The van der Waals surface area contributed by atoms with Crippen LogP contribution in [0.15, 0.2) is 6.20 Å². The van der Waals surface area contributed by atoms with Gasteiger partial charge in [0.15, 0.2) is 0 Å². The third-order valence-electron chi connectivity index (χ3n) is 2.59. The van der Waals surface area contributed by atoms with Gasteiger partial charge >= 0.3 is 0 Å². The molecule has 0 saturated carbocycles. The van der Waals surface area contributed by atoms with Crippen LogP contribution < -0.4 is 0 Å². The highest BCUT2D eigenvalue weighted by Gasteiger charge is 2.28. The normalized spacial score (nSPS) is 13.4. The van der Waals surface area contributed by atoms with Gasteiger partial charge in [0.2, 0.25) is 5.78 Å². The SMILES string of the molecule is COC(C(=O)c1c(Cl)cnn1C(C)C)C(C)C. The smallest absolute Gasteiger partial charge is 0.211 e. The maximum atomic E-state index is 12.4. The summed E-state index contributed by atoms with van der Waals surface area (Å²) in [5.41, 5.74) is 0.433. The quantitative estimate of drug-likeness (QED) is 0.763. The van der Waals surface area contributed by atoms with Crippen molar-refractivity contribution in [3.8, 4) is 0 Å². The molecule has 17 heavy (non-hydrogen) atoms. The molecule has 0 aliphatic rings. The third kappa shape index (κ3) is 2.87. The van der Waals surface area contributed by atoms with E-state index in [0.29, 0.717) is 10.7 Å². The van der Waals surface area contributed by atoms with Crippen molar-refractivity contribution in [3.05, 3.63) is 16.9 Å². The largest absolute Gasteiger partial charge is 0.373 e. The highest BCUT2D eigenvalue weighted by atomic mass is 35.5. The van der Waals surface area contributed by atoms with Crippen LogP contribution in [0.4, 0.5) is 0 Å². The highest BCUT2D eigenvalue weighted by molar-refractivity contribution is 6.33. The molecular formula is C12H19ClN2O2. The van der Waals surface area contributed by atoms with Gasteiger partial charge in [-0.05, 0) is 19.8 Å². The van der Waals surface area contributed by atoms with Gasteiger partial charge in [-0.1, -0.05) is 25.4 Å². The van der Waals surface area contributed by atoms with E-state index in [4.69, 9.17) is 16.3 Å². The molecule has 0 aliphatic heterocycles. The van der Waals surface area contributed by atoms with Crippen LogP contribution in [0.25, 0.3) is 0 Å². The molecule has 0 radical (unpaired) electrons. The molecule has 0 amide bonds. The molecule has 1 heterocycles. The number of hydrogen-bond acceptors (Lipinski definition) is 3. The summed E-state index contributed by atoms with van der Waals surface area (Å²) >= 11 is 6.03. The number of hydrogen-bond donors (Lipinski definition) is 0. The Balaban J connectivity index is 3.15. The van der Waals surface area contributed by atoms with Crippen LogP contribution in [0.3, 0.4) is 0 Å². The molecule has 1 aromatic heterocycles. The van der Waals surface area contributed by atoms with Gasteiger partial charge in [-0.2, -0.15) is 5.10 Å². The van der Waals surface area contributed by atoms with Crippen LogP contribution in [0.5, 0.6) is 0 Å². The third-order valence-corrected chi connectivity index (χ3v) is 2.87. The molecule has 96 valence electrons. The zero-order chi connectivity index (χ0) is 13.2. The van der Waals surface area contributed by atoms with Gasteiger partial charge in [0.25, 0.3) is 0 Å². The molecule has 1 rings (SSSR count). The van der Waals surface area contributed by atoms with Gasteiger partial charge in [-0.3, -0.25) is 9.48 Å². The first-order valence-corrected chi connectivity index (χ1v) is 6.08. The van der Waals surface area contributed by atoms with E-state index in [2.05, 4.69) is 5.10 Å². The number of rotatable bonds is 5. The molecule has 5 heteroatoms. The van der Waals surface area contributed by atoms with Crippen molar-refractivity contribution in [2.45, 2.75) is 39.8 Å². The second kappa shape index (κ2) is 5.65. The topological polar surface area (TPSA) is 44.1 Å². The first-order chi connectivity index (χ1) is 7.90. The van der Waals surface area contributed by atoms with Gasteiger partial charge in [-0.25, -0.2) is 0 Å². The molecule has 0 bridgehead atoms. The summed E-state index contributed by atoms with van der Waals surface area (Å²) in [6, 6.07) is 0.0890. The fourth-order valence-electron chi connectivity index (χ4n) is 1.78. The van der Waals surface area contributed by atoms with Crippen molar-refractivity contribution >= 4 is 17.4 Å². The van der Waals surface area contributed by atoms with Crippen LogP contribution >= 0.6 is 11.6 Å². The standard InChI is InChI=1S/C12H19ClN2O2/c1-7(2)12(17-5)11(16)10-9(13)6-14-15(10)8(3)4/h6-8,12H,1-5H3. The Morgan fingerprint density at radius 3 is 2.41 bits per heavy atom. The number of methoxy groups -OCH3 is 1. The minimum atomic E-state index is -0.485. The number of aromatic nitrogens is 2. The summed E-state index contributed by atoms with van der Waals surface area (Å²) < 4.78 is 6.88. The van der Waals surface area contributed by atoms with Crippen LogP contribution in [-0.4, -0.2) is 28.8 Å². The molecule has 1 aromatic rings. The lowest BCUT2D eigenvalue weighted by Crippen LogP contribution is -2.31. The fourth-order valence-corrected chi connectivity index (χ4v) is 2.00. The second-order valence-corrected chi connectivity index (χ2v) is 5.05. The molecule has 0 aliphatic carbocycles. The van der Waals surface area contributed by atoms with Crippen LogP contribution in [-0.2, 0) is 4.74 Å². The minimum absolute atomic E-state index is 0.0890. The fraction of sp³-hybridized carbons (Fsp3) is 0.667. The molecule has 0 aromatic carbocycles. The maximum absolute atomic E-state index is 12.4. The zero-order valence-electron chi connectivity index (χ0n) is 10.9. The van der Waals surface area contributed by atoms with Crippen molar-refractivity contribution in [1.82, 2.24) is 9.78 Å². The Kier molecular flexibility index (Phi) is 4.71. The Hall–Kier alpha value is -0.870. The Labute approximate surface area is 107 Å². The van der Waals surface area contributed by atoms with Crippen LogP contribution in [0.1, 0.15) is 44.2 Å². The average Bonchev–Trinajstić information content (AvgIpc) is 2.60. The summed E-state index contributed by atoms with van der Waals surface area (Å²) in [5.74, 6) is -0.0159. The van der Waals surface area contributed by atoms with E-state index >= 15 is 0 Å². The van der Waals surface area contributed by atoms with E-state index in [9.17, 15) is 4.79 Å². The first-order valence-electron chi connectivity index (χ1n) is 5.70. The van der Waals surface area contributed by atoms with Gasteiger partial charge in [0.05, 0.1) is 11.2 Å². The number of ketones is 1. The Morgan fingerprint density at radius 1 is 1.41 bits per heavy atom. The number of carbonyl (C=O) groups is 1. The average molecular weight is 259 g/mol. The molecule has 0 fully saturated rings. The summed E-state index contributed by atoms with van der Waals surface area (Å²) in [6.07, 6.45) is 1.02. The lowest BCUT2D eigenvalue weighted by atomic mass is 10.0. The van der Waals surface area contributed by atoms with Crippen molar-refractivity contribution < 1.29 is 9.53 Å². The zero-order valence-corrected chi connectivity index (χ0v) is 11.7. The molecule has 0 N–H and O–H groups in total. The number of ether oxygens (including phenoxy) is 1. The minimum Gasteiger partial charge on any atom is -0.373 e. The predicted molar refractivity (Wildman–Crippen MR) is 67.6 cm³/mol. The van der Waals surface area contributed by atoms with Gasteiger partial charge < -0.3 is 4.74 Å². The van der Waals surface area contributed by atoms with E-state index in [1.165, 1.54) is 13.3 Å². The van der Waals surface area contributed by atoms with Gasteiger partial charge in [-0.15, -0.1) is 0 Å². The van der Waals surface area contributed by atoms with Crippen LogP contribution in [0, 0.1) is 5.92 Å². The van der Waals surface area contributed by atoms with Crippen molar-refractivity contribution in [2.24, 2.45) is 5.92 Å². The molecule has 4 nitrogen and oxygen atoms in total. The molecule has 0 spiro atoms. The number of nitrogens with zero attached hydrogens (tertiary/aromatic N) is 2. The number of carbonyl (C=O) groups excluding carboxylic acids is 1.